The van der Waals surface area contributed by atoms with Crippen molar-refractivity contribution in [1.82, 2.24) is 30.6 Å². The van der Waals surface area contributed by atoms with Crippen LogP contribution in [0.3, 0.4) is 0 Å². The lowest BCUT2D eigenvalue weighted by molar-refractivity contribution is 0.0691. The van der Waals surface area contributed by atoms with Crippen LogP contribution < -0.4 is 10.6 Å². The number of aromatic nitrogens is 4. The number of nitrogens with one attached hydrogen (secondary N) is 2. The van der Waals surface area contributed by atoms with Gasteiger partial charge in [-0.1, -0.05) is 5.21 Å². The van der Waals surface area contributed by atoms with Crippen molar-refractivity contribution in [1.29, 1.82) is 0 Å². The van der Waals surface area contributed by atoms with Crippen molar-refractivity contribution in [3.8, 4) is 0 Å². The second kappa shape index (κ2) is 5.58. The quantitative estimate of drug-likeness (QED) is 0.681. The number of carboxylic acids is 1. The predicted octanol–water partition coefficient (Wildman–Crippen LogP) is -0.493. The van der Waals surface area contributed by atoms with E-state index in [1.54, 1.807) is 10.9 Å². The summed E-state index contributed by atoms with van der Waals surface area (Å²) in [6, 6.07) is 0.246. The molecule has 1 fully saturated rings. The van der Waals surface area contributed by atoms with Crippen LogP contribution in [-0.2, 0) is 6.54 Å². The predicted molar refractivity (Wildman–Crippen MR) is 72.2 cm³/mol. The van der Waals surface area contributed by atoms with E-state index in [0.717, 1.165) is 13.1 Å². The second-order valence-electron chi connectivity index (χ2n) is 4.51. The van der Waals surface area contributed by atoms with E-state index in [1.807, 2.05) is 0 Å². The Morgan fingerprint density at radius 2 is 2.29 bits per heavy atom. The number of carbonyl (C=O) groups is 2. The van der Waals surface area contributed by atoms with E-state index in [-0.39, 0.29) is 29.9 Å². The Morgan fingerprint density at radius 3 is 2.90 bits per heavy atom. The fraction of sp³-hybridized carbons (Fsp3) is 0.364. The zero-order valence-corrected chi connectivity index (χ0v) is 11.6. The zero-order chi connectivity index (χ0) is 14.8. The van der Waals surface area contributed by atoms with E-state index in [9.17, 15) is 9.59 Å². The van der Waals surface area contributed by atoms with Crippen LogP contribution in [0.15, 0.2) is 11.6 Å². The summed E-state index contributed by atoms with van der Waals surface area (Å²) in [4.78, 5) is 26.5. The average molecular weight is 308 g/mol. The van der Waals surface area contributed by atoms with Crippen LogP contribution in [0.25, 0.3) is 0 Å². The first-order chi connectivity index (χ1) is 10.1. The van der Waals surface area contributed by atoms with Crippen LogP contribution in [0.5, 0.6) is 0 Å². The fourth-order valence-corrected chi connectivity index (χ4v) is 2.46. The molecule has 21 heavy (non-hydrogen) atoms. The maximum atomic E-state index is 11.9. The molecule has 1 aliphatic heterocycles. The van der Waals surface area contributed by atoms with E-state index in [0.29, 0.717) is 5.01 Å². The highest BCUT2D eigenvalue weighted by atomic mass is 32.1. The van der Waals surface area contributed by atoms with Crippen molar-refractivity contribution in [3.05, 3.63) is 28.0 Å². The number of aromatic carboxylic acids is 1. The lowest BCUT2D eigenvalue weighted by Gasteiger charge is -2.26. The van der Waals surface area contributed by atoms with Crippen LogP contribution in [0.1, 0.15) is 32.0 Å². The normalized spacial score (nSPS) is 14.7. The van der Waals surface area contributed by atoms with Gasteiger partial charge in [-0.3, -0.25) is 4.79 Å². The number of amides is 1. The second-order valence-corrected chi connectivity index (χ2v) is 5.45. The molecular weight excluding hydrogens is 296 g/mol. The van der Waals surface area contributed by atoms with Gasteiger partial charge in [-0.15, -0.1) is 16.4 Å². The average Bonchev–Trinajstić information content (AvgIpc) is 3.02. The molecule has 0 bridgehead atoms. The largest absolute Gasteiger partial charge is 0.476 e. The van der Waals surface area contributed by atoms with Crippen LogP contribution in [-0.4, -0.2) is 50.1 Å². The molecule has 0 unspecified atom stereocenters. The van der Waals surface area contributed by atoms with E-state index >= 15 is 0 Å². The Balaban J connectivity index is 1.57. The van der Waals surface area contributed by atoms with Crippen molar-refractivity contribution in [2.75, 3.05) is 13.1 Å². The monoisotopic (exact) mass is 308 g/mol. The van der Waals surface area contributed by atoms with Crippen LogP contribution in [0, 0.1) is 0 Å². The lowest BCUT2D eigenvalue weighted by atomic mass is 10.2. The molecule has 0 aliphatic carbocycles. The standard InChI is InChI=1S/C11H12N6O3S/c18-10(7-4-17(16-15-7)6-1-12-2-6)13-3-9-14-8(5-21-9)11(19)20/h4-6,12H,1-3H2,(H,13,18)(H,19,20). The third kappa shape index (κ3) is 2.90. The first-order valence-corrected chi connectivity index (χ1v) is 7.10. The lowest BCUT2D eigenvalue weighted by Crippen LogP contribution is -2.43. The van der Waals surface area contributed by atoms with Crippen molar-refractivity contribution >= 4 is 23.2 Å². The molecule has 0 spiro atoms. The number of hydrogen-bond acceptors (Lipinski definition) is 7. The highest BCUT2D eigenvalue weighted by molar-refractivity contribution is 7.09. The molecule has 1 saturated heterocycles. The summed E-state index contributed by atoms with van der Waals surface area (Å²) >= 11 is 1.18. The number of carboxylic acid groups (broad SMARTS) is 1. The number of rotatable bonds is 5. The SMILES string of the molecule is O=C(O)c1csc(CNC(=O)c2cn(C3CNC3)nn2)n1. The molecule has 3 heterocycles. The summed E-state index contributed by atoms with van der Waals surface area (Å²) in [5.74, 6) is -1.44. The highest BCUT2D eigenvalue weighted by Gasteiger charge is 2.21. The van der Waals surface area contributed by atoms with Crippen LogP contribution in [0.4, 0.5) is 0 Å². The molecule has 110 valence electrons. The van der Waals surface area contributed by atoms with Crippen molar-refractivity contribution in [3.63, 3.8) is 0 Å². The summed E-state index contributed by atoms with van der Waals surface area (Å²) in [7, 11) is 0. The Morgan fingerprint density at radius 1 is 1.48 bits per heavy atom. The molecule has 2 aromatic heterocycles. The maximum Gasteiger partial charge on any atom is 0.355 e. The van der Waals surface area contributed by atoms with Gasteiger partial charge in [0, 0.05) is 18.5 Å². The molecule has 1 amide bonds. The topological polar surface area (TPSA) is 122 Å². The van der Waals surface area contributed by atoms with Gasteiger partial charge in [-0.25, -0.2) is 14.5 Å². The summed E-state index contributed by atoms with van der Waals surface area (Å²) in [5, 5.41) is 24.2. The van der Waals surface area contributed by atoms with Crippen molar-refractivity contribution < 1.29 is 14.7 Å². The molecule has 2 aromatic rings. The van der Waals surface area contributed by atoms with E-state index < -0.39 is 5.97 Å². The molecule has 3 N–H and O–H groups in total. The Bertz CT molecular complexity index is 677. The van der Waals surface area contributed by atoms with Gasteiger partial charge in [0.1, 0.15) is 5.01 Å². The highest BCUT2D eigenvalue weighted by Crippen LogP contribution is 2.11. The first-order valence-electron chi connectivity index (χ1n) is 6.22. The fourth-order valence-electron chi connectivity index (χ4n) is 1.76. The smallest absolute Gasteiger partial charge is 0.355 e. The van der Waals surface area contributed by atoms with Crippen LogP contribution >= 0.6 is 11.3 Å². The minimum Gasteiger partial charge on any atom is -0.476 e. The van der Waals surface area contributed by atoms with E-state index in [2.05, 4.69) is 25.9 Å². The Hall–Kier alpha value is -2.33. The van der Waals surface area contributed by atoms with Crippen molar-refractivity contribution in [2.24, 2.45) is 0 Å². The number of hydrogen-bond donors (Lipinski definition) is 3. The first kappa shape index (κ1) is 13.6. The molecule has 0 aromatic carbocycles. The minimum absolute atomic E-state index is 0.0207. The van der Waals surface area contributed by atoms with Gasteiger partial charge >= 0.3 is 5.97 Å². The van der Waals surface area contributed by atoms with Crippen molar-refractivity contribution in [2.45, 2.75) is 12.6 Å². The molecule has 1 aliphatic rings. The van der Waals surface area contributed by atoms with Gasteiger partial charge in [0.15, 0.2) is 11.4 Å². The van der Waals surface area contributed by atoms with Gasteiger partial charge in [0.05, 0.1) is 18.8 Å². The molecule has 9 nitrogen and oxygen atoms in total. The van der Waals surface area contributed by atoms with Gasteiger partial charge in [0.25, 0.3) is 5.91 Å². The Kier molecular flexibility index (Phi) is 3.62. The molecule has 0 radical (unpaired) electrons. The molecular formula is C11H12N6O3S. The molecule has 3 rings (SSSR count). The van der Waals surface area contributed by atoms with E-state index in [4.69, 9.17) is 5.11 Å². The molecule has 10 heteroatoms. The summed E-state index contributed by atoms with van der Waals surface area (Å²) in [5.41, 5.74) is 0.213. The Labute approximate surface area is 123 Å². The third-order valence-electron chi connectivity index (χ3n) is 3.05. The number of carbonyl (C=O) groups excluding carboxylic acids is 1. The van der Waals surface area contributed by atoms with E-state index in [1.165, 1.54) is 16.7 Å². The summed E-state index contributed by atoms with van der Waals surface area (Å²) < 4.78 is 1.66. The summed E-state index contributed by atoms with van der Waals surface area (Å²) in [6.45, 7) is 1.80. The zero-order valence-electron chi connectivity index (χ0n) is 10.8. The van der Waals surface area contributed by atoms with Gasteiger partial charge in [-0.05, 0) is 0 Å². The minimum atomic E-state index is -1.08. The van der Waals surface area contributed by atoms with Gasteiger partial charge in [-0.2, -0.15) is 0 Å². The third-order valence-corrected chi connectivity index (χ3v) is 3.90. The van der Waals surface area contributed by atoms with Crippen LogP contribution in [0.2, 0.25) is 0 Å². The number of nitrogens with zero attached hydrogens (tertiary/aromatic N) is 4. The number of thiazole rings is 1. The molecule has 0 saturated carbocycles. The van der Waals surface area contributed by atoms with Gasteiger partial charge < -0.3 is 15.7 Å². The summed E-state index contributed by atoms with van der Waals surface area (Å²) in [6.07, 6.45) is 1.60. The molecule has 0 atom stereocenters. The maximum absolute atomic E-state index is 11.9. The van der Waals surface area contributed by atoms with Gasteiger partial charge in [0.2, 0.25) is 0 Å².